The molecule has 0 bridgehead atoms. The maximum atomic E-state index is 12.3. The minimum absolute atomic E-state index is 0.0327. The van der Waals surface area contributed by atoms with Gasteiger partial charge in [0.05, 0.1) is 18.6 Å². The highest BCUT2D eigenvalue weighted by molar-refractivity contribution is 5.88. The molecule has 0 atom stereocenters. The summed E-state index contributed by atoms with van der Waals surface area (Å²) in [6, 6.07) is 4.14. The Labute approximate surface area is 141 Å². The fourth-order valence-corrected chi connectivity index (χ4v) is 3.41. The average molecular weight is 329 g/mol. The smallest absolute Gasteiger partial charge is 0.306 e. The van der Waals surface area contributed by atoms with E-state index in [2.05, 4.69) is 11.4 Å². The molecule has 1 aromatic carbocycles. The molecule has 0 unspecified atom stereocenters. The monoisotopic (exact) mass is 329 g/mol. The minimum atomic E-state index is -0.727. The van der Waals surface area contributed by atoms with Crippen LogP contribution in [0.3, 0.4) is 0 Å². The second-order valence-corrected chi connectivity index (χ2v) is 6.82. The van der Waals surface area contributed by atoms with Gasteiger partial charge in [-0.1, -0.05) is 0 Å². The number of carbonyl (C=O) groups is 2. The first-order valence-electron chi connectivity index (χ1n) is 8.43. The number of aryl methyl sites for hydroxylation is 2. The molecule has 0 radical (unpaired) electrons. The highest BCUT2D eigenvalue weighted by atomic mass is 16.4. The van der Waals surface area contributed by atoms with Crippen LogP contribution in [0.4, 0.5) is 0 Å². The lowest BCUT2D eigenvalue weighted by Gasteiger charge is -2.26. The van der Waals surface area contributed by atoms with Crippen LogP contribution in [0, 0.1) is 19.8 Å². The first-order valence-corrected chi connectivity index (χ1v) is 8.43. The number of hydrogen-bond donors (Lipinski definition) is 2. The van der Waals surface area contributed by atoms with Gasteiger partial charge in [-0.15, -0.1) is 0 Å². The summed E-state index contributed by atoms with van der Waals surface area (Å²) in [5.41, 5.74) is 4.05. The Kier molecular flexibility index (Phi) is 4.60. The van der Waals surface area contributed by atoms with Crippen molar-refractivity contribution in [3.63, 3.8) is 0 Å². The number of carboxylic acids is 1. The molecule has 128 valence electrons. The van der Waals surface area contributed by atoms with Crippen molar-refractivity contribution in [3.05, 3.63) is 35.1 Å². The van der Waals surface area contributed by atoms with E-state index in [1.807, 2.05) is 19.9 Å². The van der Waals surface area contributed by atoms with Crippen molar-refractivity contribution >= 4 is 22.8 Å². The Balaban J connectivity index is 1.62. The summed E-state index contributed by atoms with van der Waals surface area (Å²) in [6.07, 6.45) is 4.67. The molecule has 0 saturated heterocycles. The number of fused-ring (bicyclic) bond motifs is 1. The lowest BCUT2D eigenvalue weighted by atomic mass is 9.86. The molecule has 0 aliphatic heterocycles. The molecule has 5 nitrogen and oxygen atoms in total. The van der Waals surface area contributed by atoms with Crippen LogP contribution >= 0.6 is 0 Å². The highest BCUT2D eigenvalue weighted by Gasteiger charge is 2.26. The number of carboxylic acid groups (broad SMARTS) is 1. The Bertz CT molecular complexity index is 769. The van der Waals surface area contributed by atoms with Crippen molar-refractivity contribution in [2.24, 2.45) is 5.92 Å². The van der Waals surface area contributed by atoms with Gasteiger partial charge < -0.3 is 14.8 Å². The van der Waals surface area contributed by atoms with E-state index in [0.29, 0.717) is 12.8 Å². The van der Waals surface area contributed by atoms with Crippen LogP contribution in [-0.2, 0) is 16.0 Å². The molecule has 1 aliphatic rings. The van der Waals surface area contributed by atoms with Crippen LogP contribution in [0.2, 0.25) is 0 Å². The normalized spacial score (nSPS) is 20.9. The SMILES string of the molecule is Cc1cc2occ(CC(=O)NC3CCC(C(=O)O)CC3)c2cc1C. The molecule has 5 heteroatoms. The summed E-state index contributed by atoms with van der Waals surface area (Å²) in [6.45, 7) is 4.09. The van der Waals surface area contributed by atoms with E-state index in [0.717, 1.165) is 29.4 Å². The number of furan rings is 1. The summed E-state index contributed by atoms with van der Waals surface area (Å²) in [7, 11) is 0. The molecule has 1 aliphatic carbocycles. The summed E-state index contributed by atoms with van der Waals surface area (Å²) in [5, 5.41) is 13.0. The molecular formula is C19H23NO4. The number of benzene rings is 1. The molecule has 3 rings (SSSR count). The lowest BCUT2D eigenvalue weighted by molar-refractivity contribution is -0.142. The molecular weight excluding hydrogens is 306 g/mol. The molecule has 1 amide bonds. The van der Waals surface area contributed by atoms with E-state index < -0.39 is 5.97 Å². The van der Waals surface area contributed by atoms with Gasteiger partial charge in [-0.2, -0.15) is 0 Å². The number of amides is 1. The Morgan fingerprint density at radius 3 is 2.50 bits per heavy atom. The Hall–Kier alpha value is -2.30. The molecule has 2 N–H and O–H groups in total. The fourth-order valence-electron chi connectivity index (χ4n) is 3.41. The largest absolute Gasteiger partial charge is 0.481 e. The summed E-state index contributed by atoms with van der Waals surface area (Å²) in [5.74, 6) is -1.02. The van der Waals surface area contributed by atoms with Crippen molar-refractivity contribution in [1.29, 1.82) is 0 Å². The first kappa shape index (κ1) is 16.6. The van der Waals surface area contributed by atoms with Crippen LogP contribution in [-0.4, -0.2) is 23.0 Å². The zero-order valence-electron chi connectivity index (χ0n) is 14.1. The van der Waals surface area contributed by atoms with Gasteiger partial charge in [0.15, 0.2) is 0 Å². The molecule has 1 saturated carbocycles. The van der Waals surface area contributed by atoms with Gasteiger partial charge in [0.1, 0.15) is 5.58 Å². The Morgan fingerprint density at radius 1 is 1.17 bits per heavy atom. The predicted octanol–water partition coefficient (Wildman–Crippen LogP) is 3.35. The molecule has 2 aromatic rings. The Morgan fingerprint density at radius 2 is 1.83 bits per heavy atom. The van der Waals surface area contributed by atoms with Gasteiger partial charge >= 0.3 is 5.97 Å². The van der Waals surface area contributed by atoms with Crippen molar-refractivity contribution in [1.82, 2.24) is 5.32 Å². The van der Waals surface area contributed by atoms with Crippen LogP contribution in [0.25, 0.3) is 11.0 Å². The molecule has 1 aromatic heterocycles. The predicted molar refractivity (Wildman–Crippen MR) is 90.9 cm³/mol. The maximum Gasteiger partial charge on any atom is 0.306 e. The second kappa shape index (κ2) is 6.67. The molecule has 0 spiro atoms. The fraction of sp³-hybridized carbons (Fsp3) is 0.474. The molecule has 24 heavy (non-hydrogen) atoms. The highest BCUT2D eigenvalue weighted by Crippen LogP contribution is 2.26. The van der Waals surface area contributed by atoms with Crippen LogP contribution < -0.4 is 5.32 Å². The minimum Gasteiger partial charge on any atom is -0.481 e. The van der Waals surface area contributed by atoms with Gasteiger partial charge in [-0.25, -0.2) is 0 Å². The van der Waals surface area contributed by atoms with Gasteiger partial charge in [0.25, 0.3) is 0 Å². The van der Waals surface area contributed by atoms with Crippen LogP contribution in [0.15, 0.2) is 22.8 Å². The standard InChI is InChI=1S/C19H23NO4/c1-11-7-16-14(10-24-17(16)8-12(11)2)9-18(21)20-15-5-3-13(4-6-15)19(22)23/h7-8,10,13,15H,3-6,9H2,1-2H3,(H,20,21)(H,22,23). The third kappa shape index (κ3) is 3.45. The topological polar surface area (TPSA) is 79.5 Å². The number of carbonyl (C=O) groups excluding carboxylic acids is 1. The summed E-state index contributed by atoms with van der Waals surface area (Å²) >= 11 is 0. The number of nitrogens with one attached hydrogen (secondary N) is 1. The van der Waals surface area contributed by atoms with Crippen LogP contribution in [0.1, 0.15) is 42.4 Å². The average Bonchev–Trinajstić information content (AvgIpc) is 2.90. The summed E-state index contributed by atoms with van der Waals surface area (Å²) in [4.78, 5) is 23.3. The van der Waals surface area contributed by atoms with Gasteiger partial charge in [0, 0.05) is 17.0 Å². The van der Waals surface area contributed by atoms with E-state index in [1.165, 1.54) is 11.1 Å². The molecule has 1 fully saturated rings. The second-order valence-electron chi connectivity index (χ2n) is 6.82. The van der Waals surface area contributed by atoms with Crippen LogP contribution in [0.5, 0.6) is 0 Å². The van der Waals surface area contributed by atoms with Gasteiger partial charge in [-0.3, -0.25) is 9.59 Å². The van der Waals surface area contributed by atoms with E-state index >= 15 is 0 Å². The maximum absolute atomic E-state index is 12.3. The van der Waals surface area contributed by atoms with Gasteiger partial charge in [-0.05, 0) is 62.8 Å². The van der Waals surface area contributed by atoms with Crippen molar-refractivity contribution in [3.8, 4) is 0 Å². The van der Waals surface area contributed by atoms with Crippen molar-refractivity contribution in [2.75, 3.05) is 0 Å². The zero-order chi connectivity index (χ0) is 17.3. The number of hydrogen-bond acceptors (Lipinski definition) is 3. The summed E-state index contributed by atoms with van der Waals surface area (Å²) < 4.78 is 5.57. The molecule has 1 heterocycles. The zero-order valence-corrected chi connectivity index (χ0v) is 14.1. The first-order chi connectivity index (χ1) is 11.4. The van der Waals surface area contributed by atoms with E-state index in [-0.39, 0.29) is 24.3 Å². The van der Waals surface area contributed by atoms with E-state index in [4.69, 9.17) is 9.52 Å². The van der Waals surface area contributed by atoms with E-state index in [1.54, 1.807) is 6.26 Å². The van der Waals surface area contributed by atoms with Gasteiger partial charge in [0.2, 0.25) is 5.91 Å². The quantitative estimate of drug-likeness (QED) is 0.901. The third-order valence-corrected chi connectivity index (χ3v) is 5.06. The van der Waals surface area contributed by atoms with Crippen molar-refractivity contribution in [2.45, 2.75) is 52.0 Å². The van der Waals surface area contributed by atoms with E-state index in [9.17, 15) is 9.59 Å². The number of aliphatic carboxylic acids is 1. The third-order valence-electron chi connectivity index (χ3n) is 5.06. The van der Waals surface area contributed by atoms with Crippen molar-refractivity contribution < 1.29 is 19.1 Å². The lowest BCUT2D eigenvalue weighted by Crippen LogP contribution is -2.39. The number of rotatable bonds is 4.